The van der Waals surface area contributed by atoms with Crippen molar-refractivity contribution >= 4 is 22.6 Å². The molecule has 0 unspecified atom stereocenters. The van der Waals surface area contributed by atoms with Crippen LogP contribution in [0.2, 0.25) is 0 Å². The molecule has 0 radical (unpaired) electrons. The molecule has 5 nitrogen and oxygen atoms in total. The molecule has 1 N–H and O–H groups in total. The van der Waals surface area contributed by atoms with E-state index in [1.54, 1.807) is 7.11 Å². The van der Waals surface area contributed by atoms with E-state index in [9.17, 15) is 4.79 Å². The molecule has 5 rings (SSSR count). The number of rotatable bonds is 6. The lowest BCUT2D eigenvalue weighted by atomic mass is 9.97. The average Bonchev–Trinajstić information content (AvgIpc) is 3.23. The number of fused-ring (bicyclic) bond motifs is 1. The van der Waals surface area contributed by atoms with Gasteiger partial charge in [-0.05, 0) is 56.3 Å². The van der Waals surface area contributed by atoms with Crippen molar-refractivity contribution in [2.24, 2.45) is 0 Å². The molecule has 33 heavy (non-hydrogen) atoms. The Hall–Kier alpha value is -3.57. The molecule has 3 aromatic carbocycles. The lowest BCUT2D eigenvalue weighted by Crippen LogP contribution is -2.34. The summed E-state index contributed by atoms with van der Waals surface area (Å²) in [7, 11) is 1.70. The maximum Gasteiger partial charge on any atom is 0.255 e. The topological polar surface area (TPSA) is 54.7 Å². The van der Waals surface area contributed by atoms with Crippen LogP contribution < -0.4 is 10.1 Å². The van der Waals surface area contributed by atoms with Gasteiger partial charge in [-0.25, -0.2) is 0 Å². The molecule has 4 aromatic rings. The fraction of sp³-hybridized carbons (Fsp3) is 0.250. The zero-order chi connectivity index (χ0) is 22.6. The number of nitrogens with one attached hydrogen (secondary N) is 1. The molecule has 5 heteroatoms. The molecular formula is C28H28N2O3. The molecule has 1 aliphatic heterocycles. The normalized spacial score (nSPS) is 15.3. The molecule has 1 aromatic heterocycles. The number of anilines is 1. The van der Waals surface area contributed by atoms with E-state index in [4.69, 9.17) is 9.15 Å². The number of carbonyl (C=O) groups is 1. The van der Waals surface area contributed by atoms with Crippen LogP contribution in [0.4, 0.5) is 5.69 Å². The van der Waals surface area contributed by atoms with Gasteiger partial charge in [0.2, 0.25) is 0 Å². The lowest BCUT2D eigenvalue weighted by Gasteiger charge is -2.34. The van der Waals surface area contributed by atoms with E-state index in [0.717, 1.165) is 59.7 Å². The number of likely N-dealkylation sites (tertiary alicyclic amines) is 1. The molecule has 0 spiro atoms. The molecule has 0 saturated carbocycles. The number of hydrogen-bond donors (Lipinski definition) is 1. The largest absolute Gasteiger partial charge is 0.496 e. The van der Waals surface area contributed by atoms with Crippen LogP contribution in [-0.2, 0) is 0 Å². The van der Waals surface area contributed by atoms with E-state index in [-0.39, 0.29) is 11.9 Å². The summed E-state index contributed by atoms with van der Waals surface area (Å²) in [5.41, 5.74) is 3.13. The Kier molecular flexibility index (Phi) is 6.13. The molecule has 1 fully saturated rings. The van der Waals surface area contributed by atoms with Gasteiger partial charge in [-0.2, -0.15) is 0 Å². The molecule has 0 bridgehead atoms. The van der Waals surface area contributed by atoms with Crippen molar-refractivity contribution in [2.45, 2.75) is 25.3 Å². The van der Waals surface area contributed by atoms with Crippen LogP contribution in [0, 0.1) is 0 Å². The summed E-state index contributed by atoms with van der Waals surface area (Å²) in [6, 6.07) is 25.1. The summed E-state index contributed by atoms with van der Waals surface area (Å²) >= 11 is 0. The molecule has 168 valence electrons. The minimum Gasteiger partial charge on any atom is -0.496 e. The van der Waals surface area contributed by atoms with Crippen LogP contribution in [0.3, 0.4) is 0 Å². The summed E-state index contributed by atoms with van der Waals surface area (Å²) in [5.74, 6) is 1.40. The number of nitrogens with zero attached hydrogens (tertiary/aromatic N) is 1. The van der Waals surface area contributed by atoms with Crippen LogP contribution in [0.15, 0.2) is 83.3 Å². The number of ether oxygens (including phenoxy) is 1. The van der Waals surface area contributed by atoms with Gasteiger partial charge in [0.05, 0.1) is 18.8 Å². The third kappa shape index (κ3) is 4.24. The first-order valence-electron chi connectivity index (χ1n) is 11.5. The number of piperidine rings is 1. The Labute approximate surface area is 194 Å². The Morgan fingerprint density at radius 1 is 0.909 bits per heavy atom. The summed E-state index contributed by atoms with van der Waals surface area (Å²) in [5, 5.41) is 4.07. The van der Waals surface area contributed by atoms with E-state index in [2.05, 4.69) is 16.3 Å². The molecule has 1 amide bonds. The second-order valence-corrected chi connectivity index (χ2v) is 8.40. The fourth-order valence-corrected chi connectivity index (χ4v) is 4.73. The number of para-hydroxylation sites is 2. The summed E-state index contributed by atoms with van der Waals surface area (Å²) in [6.45, 7) is 1.93. The monoisotopic (exact) mass is 440 g/mol. The first-order chi connectivity index (χ1) is 16.3. The van der Waals surface area contributed by atoms with Gasteiger partial charge in [0.15, 0.2) is 5.76 Å². The summed E-state index contributed by atoms with van der Waals surface area (Å²) in [6.07, 6.45) is 3.50. The summed E-state index contributed by atoms with van der Waals surface area (Å²) < 4.78 is 12.2. The van der Waals surface area contributed by atoms with Gasteiger partial charge in [0.25, 0.3) is 5.91 Å². The van der Waals surface area contributed by atoms with Crippen LogP contribution in [0.1, 0.15) is 47.0 Å². The highest BCUT2D eigenvalue weighted by Gasteiger charge is 2.33. The first kappa shape index (κ1) is 21.3. The predicted octanol–water partition coefficient (Wildman–Crippen LogP) is 6.27. The smallest absolute Gasteiger partial charge is 0.255 e. The van der Waals surface area contributed by atoms with Crippen molar-refractivity contribution < 1.29 is 13.9 Å². The van der Waals surface area contributed by atoms with Gasteiger partial charge in [-0.1, -0.05) is 55.0 Å². The number of furan rings is 1. The average molecular weight is 441 g/mol. The number of methoxy groups -OCH3 is 1. The molecule has 1 atom stereocenters. The Morgan fingerprint density at radius 2 is 1.61 bits per heavy atom. The number of amides is 1. The van der Waals surface area contributed by atoms with Crippen molar-refractivity contribution in [2.75, 3.05) is 25.5 Å². The van der Waals surface area contributed by atoms with Crippen LogP contribution in [0.25, 0.3) is 11.0 Å². The minimum absolute atomic E-state index is 0.152. The van der Waals surface area contributed by atoms with Gasteiger partial charge in [-0.3, -0.25) is 9.69 Å². The van der Waals surface area contributed by atoms with Crippen molar-refractivity contribution in [3.8, 4) is 5.75 Å². The molecule has 1 saturated heterocycles. The van der Waals surface area contributed by atoms with Crippen molar-refractivity contribution in [3.05, 3.63) is 95.7 Å². The SMILES string of the molecule is COc1ccccc1[C@@H](c1oc2ccccc2c1NC(=O)c1ccccc1)N1CCCCC1. The number of hydrogen-bond acceptors (Lipinski definition) is 4. The minimum atomic E-state index is -0.167. The fourth-order valence-electron chi connectivity index (χ4n) is 4.73. The second-order valence-electron chi connectivity index (χ2n) is 8.40. The van der Waals surface area contributed by atoms with Crippen molar-refractivity contribution in [1.29, 1.82) is 0 Å². The Morgan fingerprint density at radius 3 is 2.39 bits per heavy atom. The van der Waals surface area contributed by atoms with Gasteiger partial charge in [-0.15, -0.1) is 0 Å². The Bertz CT molecular complexity index is 1240. The van der Waals surface area contributed by atoms with E-state index < -0.39 is 0 Å². The molecule has 1 aliphatic rings. The van der Waals surface area contributed by atoms with Crippen LogP contribution in [0.5, 0.6) is 5.75 Å². The maximum atomic E-state index is 13.2. The second kappa shape index (κ2) is 9.51. The number of benzene rings is 3. The van der Waals surface area contributed by atoms with Crippen LogP contribution in [-0.4, -0.2) is 31.0 Å². The predicted molar refractivity (Wildman–Crippen MR) is 131 cm³/mol. The van der Waals surface area contributed by atoms with E-state index in [1.165, 1.54) is 6.42 Å². The highest BCUT2D eigenvalue weighted by atomic mass is 16.5. The van der Waals surface area contributed by atoms with Gasteiger partial charge in [0.1, 0.15) is 11.3 Å². The van der Waals surface area contributed by atoms with E-state index >= 15 is 0 Å². The number of carbonyl (C=O) groups excluding carboxylic acids is 1. The van der Waals surface area contributed by atoms with Crippen molar-refractivity contribution in [1.82, 2.24) is 4.90 Å². The van der Waals surface area contributed by atoms with E-state index in [1.807, 2.05) is 72.8 Å². The standard InChI is InChI=1S/C28H28N2O3/c1-32-23-16-8-7-15-22(23)26(30-18-10-3-11-19-30)27-25(21-14-6-9-17-24(21)33-27)29-28(31)20-12-4-2-5-13-20/h2,4-9,12-17,26H,3,10-11,18-19H2,1H3,(H,29,31)/t26-/m0/s1. The molecular weight excluding hydrogens is 412 g/mol. The molecule has 2 heterocycles. The highest BCUT2D eigenvalue weighted by Crippen LogP contribution is 2.43. The summed E-state index contributed by atoms with van der Waals surface area (Å²) in [4.78, 5) is 15.6. The zero-order valence-corrected chi connectivity index (χ0v) is 18.8. The van der Waals surface area contributed by atoms with Crippen LogP contribution >= 0.6 is 0 Å². The maximum absolute atomic E-state index is 13.2. The Balaban J connectivity index is 1.66. The quantitative estimate of drug-likeness (QED) is 0.384. The van der Waals surface area contributed by atoms with Crippen molar-refractivity contribution in [3.63, 3.8) is 0 Å². The third-order valence-corrected chi connectivity index (χ3v) is 6.33. The van der Waals surface area contributed by atoms with Gasteiger partial charge < -0.3 is 14.5 Å². The highest BCUT2D eigenvalue weighted by molar-refractivity contribution is 6.09. The van der Waals surface area contributed by atoms with E-state index in [0.29, 0.717) is 5.56 Å². The lowest BCUT2D eigenvalue weighted by molar-refractivity contribution is 0.102. The third-order valence-electron chi connectivity index (χ3n) is 6.33. The van der Waals surface area contributed by atoms with Gasteiger partial charge >= 0.3 is 0 Å². The first-order valence-corrected chi connectivity index (χ1v) is 11.5. The van der Waals surface area contributed by atoms with Gasteiger partial charge in [0, 0.05) is 16.5 Å². The zero-order valence-electron chi connectivity index (χ0n) is 18.8. The molecule has 0 aliphatic carbocycles.